The molecule has 2 aromatic rings. The van der Waals surface area contributed by atoms with E-state index in [1.165, 1.54) is 5.56 Å². The molecule has 5 heteroatoms. The molecule has 0 saturated carbocycles. The highest BCUT2D eigenvalue weighted by atomic mass is 79.9. The van der Waals surface area contributed by atoms with Gasteiger partial charge < -0.3 is 14.8 Å². The molecule has 2 aromatic carbocycles. The van der Waals surface area contributed by atoms with Crippen molar-refractivity contribution in [3.05, 3.63) is 58.1 Å². The van der Waals surface area contributed by atoms with Gasteiger partial charge in [-0.25, -0.2) is 0 Å². The fourth-order valence-corrected chi connectivity index (χ4v) is 3.14. The first-order valence-electron chi connectivity index (χ1n) is 8.80. The first kappa shape index (κ1) is 20.3. The maximum absolute atomic E-state index is 12.3. The van der Waals surface area contributed by atoms with E-state index < -0.39 is 0 Å². The van der Waals surface area contributed by atoms with Gasteiger partial charge in [-0.3, -0.25) is 4.79 Å². The van der Waals surface area contributed by atoms with E-state index in [-0.39, 0.29) is 18.6 Å². The molecule has 0 fully saturated rings. The Bertz CT molecular complexity index is 729. The molecule has 0 aliphatic carbocycles. The van der Waals surface area contributed by atoms with Gasteiger partial charge >= 0.3 is 0 Å². The van der Waals surface area contributed by atoms with Crippen LogP contribution in [0.4, 0.5) is 0 Å². The number of benzene rings is 2. The molecule has 0 aliphatic heterocycles. The first-order valence-corrected chi connectivity index (χ1v) is 9.59. The predicted octanol–water partition coefficient (Wildman–Crippen LogP) is 5.23. The van der Waals surface area contributed by atoms with Crippen LogP contribution >= 0.6 is 15.9 Å². The first-order chi connectivity index (χ1) is 12.4. The summed E-state index contributed by atoms with van der Waals surface area (Å²) in [6.07, 6.45) is 0.796. The smallest absolute Gasteiger partial charge is 0.258 e. The summed E-state index contributed by atoms with van der Waals surface area (Å²) < 4.78 is 11.7. The maximum Gasteiger partial charge on any atom is 0.258 e. The number of rotatable bonds is 8. The molecular weight excluding hydrogens is 394 g/mol. The van der Waals surface area contributed by atoms with Crippen LogP contribution in [0.5, 0.6) is 11.5 Å². The summed E-state index contributed by atoms with van der Waals surface area (Å²) in [6, 6.07) is 13.6. The minimum Gasteiger partial charge on any atom is -0.497 e. The van der Waals surface area contributed by atoms with E-state index in [1.807, 2.05) is 49.4 Å². The van der Waals surface area contributed by atoms with Gasteiger partial charge in [0.2, 0.25) is 0 Å². The van der Waals surface area contributed by atoms with Crippen molar-refractivity contribution < 1.29 is 14.3 Å². The zero-order valence-electron chi connectivity index (χ0n) is 15.7. The SMILES string of the molecule is CC[C@H](NC(=O)COc1ccc(C(C)C)cc1Br)c1ccc(OC)cc1. The van der Waals surface area contributed by atoms with Crippen LogP contribution in [0.2, 0.25) is 0 Å². The van der Waals surface area contributed by atoms with E-state index >= 15 is 0 Å². The molecule has 2 rings (SSSR count). The van der Waals surface area contributed by atoms with Crippen LogP contribution in [-0.2, 0) is 4.79 Å². The van der Waals surface area contributed by atoms with Crippen molar-refractivity contribution in [3.63, 3.8) is 0 Å². The lowest BCUT2D eigenvalue weighted by atomic mass is 10.0. The number of methoxy groups -OCH3 is 1. The summed E-state index contributed by atoms with van der Waals surface area (Å²) >= 11 is 3.51. The summed E-state index contributed by atoms with van der Waals surface area (Å²) in [5, 5.41) is 3.02. The molecule has 1 N–H and O–H groups in total. The second kappa shape index (κ2) is 9.62. The topological polar surface area (TPSA) is 47.6 Å². The molecule has 0 aromatic heterocycles. The van der Waals surface area contributed by atoms with Crippen LogP contribution in [0.1, 0.15) is 50.3 Å². The molecule has 0 aliphatic rings. The van der Waals surface area contributed by atoms with E-state index in [0.29, 0.717) is 11.7 Å². The van der Waals surface area contributed by atoms with Crippen molar-refractivity contribution in [1.29, 1.82) is 0 Å². The molecule has 0 saturated heterocycles. The van der Waals surface area contributed by atoms with Crippen LogP contribution in [0.3, 0.4) is 0 Å². The van der Waals surface area contributed by atoms with Crippen molar-refractivity contribution >= 4 is 21.8 Å². The number of carbonyl (C=O) groups excluding carboxylic acids is 1. The number of ether oxygens (including phenoxy) is 2. The zero-order chi connectivity index (χ0) is 19.1. The second-order valence-corrected chi connectivity index (χ2v) is 7.29. The third kappa shape index (κ3) is 5.49. The Hall–Kier alpha value is -2.01. The molecule has 140 valence electrons. The van der Waals surface area contributed by atoms with Gasteiger partial charge in [0, 0.05) is 0 Å². The number of hydrogen-bond acceptors (Lipinski definition) is 3. The third-order valence-electron chi connectivity index (χ3n) is 4.24. The third-order valence-corrected chi connectivity index (χ3v) is 4.86. The Morgan fingerprint density at radius 1 is 1.12 bits per heavy atom. The highest BCUT2D eigenvalue weighted by Crippen LogP contribution is 2.29. The van der Waals surface area contributed by atoms with Gasteiger partial charge in [0.25, 0.3) is 5.91 Å². The molecule has 0 heterocycles. The molecule has 0 bridgehead atoms. The minimum absolute atomic E-state index is 0.0215. The van der Waals surface area contributed by atoms with Gasteiger partial charge in [0.15, 0.2) is 6.61 Å². The van der Waals surface area contributed by atoms with Crippen LogP contribution < -0.4 is 14.8 Å². The van der Waals surface area contributed by atoms with Crippen molar-refractivity contribution in [2.75, 3.05) is 13.7 Å². The molecule has 26 heavy (non-hydrogen) atoms. The molecular formula is C21H26BrNO3. The van der Waals surface area contributed by atoms with Gasteiger partial charge in [-0.05, 0) is 63.7 Å². The predicted molar refractivity (Wildman–Crippen MR) is 108 cm³/mol. The highest BCUT2D eigenvalue weighted by Gasteiger charge is 2.14. The molecule has 0 spiro atoms. The Balaban J connectivity index is 1.94. The van der Waals surface area contributed by atoms with Gasteiger partial charge in [-0.2, -0.15) is 0 Å². The lowest BCUT2D eigenvalue weighted by Gasteiger charge is -2.18. The second-order valence-electron chi connectivity index (χ2n) is 6.43. The summed E-state index contributed by atoms with van der Waals surface area (Å²) in [4.78, 5) is 12.3. The Labute approximate surface area is 164 Å². The summed E-state index contributed by atoms with van der Waals surface area (Å²) in [5.74, 6) is 1.76. The van der Waals surface area contributed by atoms with Crippen LogP contribution in [0.25, 0.3) is 0 Å². The van der Waals surface area contributed by atoms with Crippen LogP contribution in [-0.4, -0.2) is 19.6 Å². The number of hydrogen-bond donors (Lipinski definition) is 1. The summed E-state index contributed by atoms with van der Waals surface area (Å²) in [7, 11) is 1.64. The van der Waals surface area contributed by atoms with Gasteiger partial charge in [-0.15, -0.1) is 0 Å². The van der Waals surface area contributed by atoms with Gasteiger partial charge in [-0.1, -0.05) is 39.0 Å². The van der Waals surface area contributed by atoms with E-state index in [0.717, 1.165) is 22.2 Å². The Kier molecular flexibility index (Phi) is 7.51. The highest BCUT2D eigenvalue weighted by molar-refractivity contribution is 9.10. The normalized spacial score (nSPS) is 11.9. The van der Waals surface area contributed by atoms with Crippen LogP contribution in [0, 0.1) is 0 Å². The van der Waals surface area contributed by atoms with Crippen molar-refractivity contribution in [2.45, 2.75) is 39.2 Å². The van der Waals surface area contributed by atoms with Crippen molar-refractivity contribution in [2.24, 2.45) is 0 Å². The Morgan fingerprint density at radius 2 is 1.77 bits per heavy atom. The fourth-order valence-electron chi connectivity index (χ4n) is 2.63. The quantitative estimate of drug-likeness (QED) is 0.637. The average Bonchev–Trinajstić information content (AvgIpc) is 2.65. The number of carbonyl (C=O) groups is 1. The number of amides is 1. The summed E-state index contributed by atoms with van der Waals surface area (Å²) in [6.45, 7) is 6.29. The van der Waals surface area contributed by atoms with E-state index in [9.17, 15) is 4.79 Å². The zero-order valence-corrected chi connectivity index (χ0v) is 17.3. The fraction of sp³-hybridized carbons (Fsp3) is 0.381. The molecule has 0 radical (unpaired) electrons. The lowest BCUT2D eigenvalue weighted by Crippen LogP contribution is -2.32. The standard InChI is InChI=1S/C21H26BrNO3/c1-5-19(15-6-9-17(25-4)10-7-15)23-21(24)13-26-20-11-8-16(14(2)3)12-18(20)22/h6-12,14,19H,5,13H2,1-4H3,(H,23,24)/t19-/m0/s1. The molecule has 1 amide bonds. The monoisotopic (exact) mass is 419 g/mol. The van der Waals surface area contributed by atoms with Gasteiger partial charge in [0.05, 0.1) is 17.6 Å². The number of nitrogens with one attached hydrogen (secondary N) is 1. The number of halogens is 1. The van der Waals surface area contributed by atoms with Crippen molar-refractivity contribution in [1.82, 2.24) is 5.32 Å². The molecule has 1 atom stereocenters. The Morgan fingerprint density at radius 3 is 2.31 bits per heavy atom. The minimum atomic E-state index is -0.146. The lowest BCUT2D eigenvalue weighted by molar-refractivity contribution is -0.123. The summed E-state index contributed by atoms with van der Waals surface area (Å²) in [5.41, 5.74) is 2.27. The molecule has 0 unspecified atom stereocenters. The van der Waals surface area contributed by atoms with Gasteiger partial charge in [0.1, 0.15) is 11.5 Å². The molecule has 4 nitrogen and oxygen atoms in total. The van der Waals surface area contributed by atoms with Crippen LogP contribution in [0.15, 0.2) is 46.9 Å². The van der Waals surface area contributed by atoms with Crippen molar-refractivity contribution in [3.8, 4) is 11.5 Å². The maximum atomic E-state index is 12.3. The average molecular weight is 420 g/mol. The van der Waals surface area contributed by atoms with E-state index in [4.69, 9.17) is 9.47 Å². The largest absolute Gasteiger partial charge is 0.497 e. The van der Waals surface area contributed by atoms with E-state index in [1.54, 1.807) is 7.11 Å². The van der Waals surface area contributed by atoms with E-state index in [2.05, 4.69) is 35.1 Å².